The second kappa shape index (κ2) is 45.8. The number of allylic oxidation sites excluding steroid dienone is 2. The summed E-state index contributed by atoms with van der Waals surface area (Å²) in [7, 11) is 0. The van der Waals surface area contributed by atoms with Gasteiger partial charge in [0.25, 0.3) is 0 Å². The number of carbonyl (C=O) groups is 1. The lowest BCUT2D eigenvalue weighted by atomic mass is 10.0. The number of hydrogen-bond acceptors (Lipinski definition) is 4. The fourth-order valence-electron chi connectivity index (χ4n) is 7.95. The first-order chi connectivity index (χ1) is 27.1. The lowest BCUT2D eigenvalue weighted by Gasteiger charge is -2.23. The average molecular weight is 778 g/mol. The molecule has 0 spiro atoms. The minimum atomic E-state index is -1.07. The molecule has 0 aromatic rings. The van der Waals surface area contributed by atoms with Crippen LogP contribution in [0.1, 0.15) is 277 Å². The standard InChI is InChI=1S/C50H99NO4/c1-3-5-7-9-11-13-15-17-18-19-20-21-22-23-24-25-26-27-28-29-30-31-33-35-37-39-41-43-45-49(54)50(55)51-47(46-52)48(53)44-42-40-38-36-34-32-16-14-12-10-8-6-4-2/h23-24,47-49,52-54H,3-22,25-46H2,1-2H3,(H,51,55)/b24-23-. The molecule has 3 unspecified atom stereocenters. The fraction of sp³-hybridized carbons (Fsp3) is 0.940. The van der Waals surface area contributed by atoms with Crippen LogP contribution < -0.4 is 5.32 Å². The van der Waals surface area contributed by atoms with Gasteiger partial charge in [0.05, 0.1) is 18.8 Å². The highest BCUT2D eigenvalue weighted by Gasteiger charge is 2.23. The minimum absolute atomic E-state index is 0.310. The first-order valence-corrected chi connectivity index (χ1v) is 25.0. The van der Waals surface area contributed by atoms with E-state index in [-0.39, 0.29) is 6.61 Å². The molecule has 0 rings (SSSR count). The van der Waals surface area contributed by atoms with Crippen LogP contribution in [-0.2, 0) is 4.79 Å². The van der Waals surface area contributed by atoms with Crippen molar-refractivity contribution >= 4 is 5.91 Å². The number of nitrogens with one attached hydrogen (secondary N) is 1. The third kappa shape index (κ3) is 41.1. The highest BCUT2D eigenvalue weighted by Crippen LogP contribution is 2.17. The summed E-state index contributed by atoms with van der Waals surface area (Å²) in [5.74, 6) is -0.468. The molecule has 0 radical (unpaired) electrons. The summed E-state index contributed by atoms with van der Waals surface area (Å²) in [4.78, 5) is 12.5. The van der Waals surface area contributed by atoms with Crippen molar-refractivity contribution < 1.29 is 20.1 Å². The van der Waals surface area contributed by atoms with Gasteiger partial charge in [-0.15, -0.1) is 0 Å². The second-order valence-electron chi connectivity index (χ2n) is 17.4. The zero-order valence-corrected chi connectivity index (χ0v) is 37.3. The Morgan fingerprint density at radius 2 is 0.691 bits per heavy atom. The van der Waals surface area contributed by atoms with Crippen LogP contribution in [0.3, 0.4) is 0 Å². The van der Waals surface area contributed by atoms with E-state index in [2.05, 4.69) is 31.3 Å². The molecule has 0 aromatic heterocycles. The Labute approximate surface area is 344 Å². The summed E-state index contributed by atoms with van der Waals surface area (Å²) in [5.41, 5.74) is 0. The molecule has 328 valence electrons. The molecular weight excluding hydrogens is 679 g/mol. The van der Waals surface area contributed by atoms with Crippen LogP contribution in [0.2, 0.25) is 0 Å². The zero-order chi connectivity index (χ0) is 40.1. The van der Waals surface area contributed by atoms with Crippen molar-refractivity contribution in [1.82, 2.24) is 5.32 Å². The molecule has 0 aliphatic carbocycles. The van der Waals surface area contributed by atoms with E-state index in [1.807, 2.05) is 0 Å². The molecule has 1 amide bonds. The molecule has 5 nitrogen and oxygen atoms in total. The monoisotopic (exact) mass is 778 g/mol. The molecule has 0 bridgehead atoms. The highest BCUT2D eigenvalue weighted by atomic mass is 16.3. The summed E-state index contributed by atoms with van der Waals surface area (Å²) in [6.45, 7) is 4.25. The van der Waals surface area contributed by atoms with E-state index in [0.717, 1.165) is 32.1 Å². The quantitative estimate of drug-likeness (QED) is 0.0366. The van der Waals surface area contributed by atoms with Crippen molar-refractivity contribution in [2.45, 2.75) is 295 Å². The lowest BCUT2D eigenvalue weighted by molar-refractivity contribution is -0.131. The van der Waals surface area contributed by atoms with E-state index in [4.69, 9.17) is 0 Å². The number of unbranched alkanes of at least 4 members (excludes halogenated alkanes) is 36. The van der Waals surface area contributed by atoms with Crippen molar-refractivity contribution in [1.29, 1.82) is 0 Å². The van der Waals surface area contributed by atoms with Crippen LogP contribution in [0.25, 0.3) is 0 Å². The third-order valence-corrected chi connectivity index (χ3v) is 11.9. The molecule has 0 fully saturated rings. The largest absolute Gasteiger partial charge is 0.394 e. The van der Waals surface area contributed by atoms with E-state index >= 15 is 0 Å². The van der Waals surface area contributed by atoms with E-state index < -0.39 is 24.2 Å². The summed E-state index contributed by atoms with van der Waals surface area (Å²) in [6, 6.07) is -0.708. The summed E-state index contributed by atoms with van der Waals surface area (Å²) in [6.07, 6.45) is 55.2. The molecule has 4 N–H and O–H groups in total. The smallest absolute Gasteiger partial charge is 0.249 e. The van der Waals surface area contributed by atoms with Gasteiger partial charge in [-0.2, -0.15) is 0 Å². The van der Waals surface area contributed by atoms with Crippen molar-refractivity contribution in [3.63, 3.8) is 0 Å². The van der Waals surface area contributed by atoms with Gasteiger partial charge >= 0.3 is 0 Å². The average Bonchev–Trinajstić information content (AvgIpc) is 3.19. The predicted molar refractivity (Wildman–Crippen MR) is 241 cm³/mol. The van der Waals surface area contributed by atoms with Gasteiger partial charge in [-0.3, -0.25) is 4.79 Å². The van der Waals surface area contributed by atoms with Crippen molar-refractivity contribution in [3.8, 4) is 0 Å². The summed E-state index contributed by atoms with van der Waals surface area (Å²) >= 11 is 0. The van der Waals surface area contributed by atoms with Crippen LogP contribution in [0.5, 0.6) is 0 Å². The second-order valence-corrected chi connectivity index (χ2v) is 17.4. The summed E-state index contributed by atoms with van der Waals surface area (Å²) < 4.78 is 0. The molecule has 0 aliphatic rings. The first kappa shape index (κ1) is 54.1. The molecule has 0 saturated heterocycles. The van der Waals surface area contributed by atoms with Crippen LogP contribution in [0.15, 0.2) is 12.2 Å². The Morgan fingerprint density at radius 1 is 0.418 bits per heavy atom. The van der Waals surface area contributed by atoms with Crippen molar-refractivity contribution in [3.05, 3.63) is 12.2 Å². The molecular formula is C50H99NO4. The van der Waals surface area contributed by atoms with Gasteiger partial charge in [-0.05, 0) is 38.5 Å². The molecule has 3 atom stereocenters. The maximum Gasteiger partial charge on any atom is 0.249 e. The van der Waals surface area contributed by atoms with Gasteiger partial charge in [0.2, 0.25) is 5.91 Å². The molecule has 0 aliphatic heterocycles. The number of aliphatic hydroxyl groups is 3. The van der Waals surface area contributed by atoms with Crippen LogP contribution in [0, 0.1) is 0 Å². The maximum atomic E-state index is 12.5. The Bertz CT molecular complexity index is 773. The van der Waals surface area contributed by atoms with Gasteiger partial charge in [0.15, 0.2) is 0 Å². The van der Waals surface area contributed by atoms with E-state index in [9.17, 15) is 20.1 Å². The maximum absolute atomic E-state index is 12.5. The van der Waals surface area contributed by atoms with E-state index in [1.54, 1.807) is 0 Å². The number of amides is 1. The normalized spacial score (nSPS) is 13.5. The fourth-order valence-corrected chi connectivity index (χ4v) is 7.95. The van der Waals surface area contributed by atoms with Gasteiger partial charge in [0.1, 0.15) is 6.10 Å². The topological polar surface area (TPSA) is 89.8 Å². The van der Waals surface area contributed by atoms with Gasteiger partial charge in [-0.25, -0.2) is 0 Å². The number of carbonyl (C=O) groups excluding carboxylic acids is 1. The SMILES string of the molecule is CCCCCCCCCCCCCC/C=C\CCCCCCCCCCCCCCC(O)C(=O)NC(CO)C(O)CCCCCCCCCCCCCCC. The molecule has 0 aromatic carbocycles. The first-order valence-electron chi connectivity index (χ1n) is 25.0. The van der Waals surface area contributed by atoms with E-state index in [1.165, 1.54) is 218 Å². The van der Waals surface area contributed by atoms with Crippen LogP contribution >= 0.6 is 0 Å². The minimum Gasteiger partial charge on any atom is -0.394 e. The third-order valence-electron chi connectivity index (χ3n) is 11.9. The van der Waals surface area contributed by atoms with Crippen molar-refractivity contribution in [2.75, 3.05) is 6.61 Å². The Balaban J connectivity index is 3.51. The number of rotatable bonds is 46. The predicted octanol–water partition coefficient (Wildman–Crippen LogP) is 14.8. The lowest BCUT2D eigenvalue weighted by Crippen LogP contribution is -2.49. The zero-order valence-electron chi connectivity index (χ0n) is 37.3. The Morgan fingerprint density at radius 3 is 1.00 bits per heavy atom. The summed E-state index contributed by atoms with van der Waals surface area (Å²) in [5, 5.41) is 33.4. The van der Waals surface area contributed by atoms with Gasteiger partial charge < -0.3 is 20.6 Å². The van der Waals surface area contributed by atoms with Crippen LogP contribution in [-0.4, -0.2) is 46.1 Å². The van der Waals surface area contributed by atoms with Gasteiger partial charge in [0, 0.05) is 0 Å². The molecule has 0 saturated carbocycles. The number of aliphatic hydroxyl groups excluding tert-OH is 3. The molecule has 55 heavy (non-hydrogen) atoms. The highest BCUT2D eigenvalue weighted by molar-refractivity contribution is 5.80. The molecule has 0 heterocycles. The Kier molecular flexibility index (Phi) is 45.0. The van der Waals surface area contributed by atoms with Gasteiger partial charge in [-0.1, -0.05) is 251 Å². The van der Waals surface area contributed by atoms with E-state index in [0.29, 0.717) is 12.8 Å². The van der Waals surface area contributed by atoms with Crippen molar-refractivity contribution in [2.24, 2.45) is 0 Å². The number of hydrogen-bond donors (Lipinski definition) is 4. The van der Waals surface area contributed by atoms with Crippen LogP contribution in [0.4, 0.5) is 0 Å². The Hall–Kier alpha value is -0.910. The molecule has 5 heteroatoms.